The van der Waals surface area contributed by atoms with Gasteiger partial charge in [0.25, 0.3) is 0 Å². The molecule has 0 spiro atoms. The van der Waals surface area contributed by atoms with Gasteiger partial charge in [0.2, 0.25) is 5.91 Å². The fourth-order valence-electron chi connectivity index (χ4n) is 3.16. The molecule has 1 fully saturated rings. The second-order valence-corrected chi connectivity index (χ2v) is 5.87. The van der Waals surface area contributed by atoms with E-state index in [-0.39, 0.29) is 17.9 Å². The summed E-state index contributed by atoms with van der Waals surface area (Å²) in [5.74, 6) is -0.793. The fraction of sp³-hybridized carbons (Fsp3) is 0.667. The third-order valence-corrected chi connectivity index (χ3v) is 4.27. The molecule has 1 aliphatic carbocycles. The Labute approximate surface area is 123 Å². The Morgan fingerprint density at radius 1 is 1.33 bits per heavy atom. The van der Waals surface area contributed by atoms with Crippen molar-refractivity contribution in [1.82, 2.24) is 10.5 Å². The van der Waals surface area contributed by atoms with E-state index < -0.39 is 11.9 Å². The molecular formula is C15H22N2O4. The number of rotatable bonds is 4. The van der Waals surface area contributed by atoms with Gasteiger partial charge in [-0.2, -0.15) is 0 Å². The van der Waals surface area contributed by atoms with Crippen LogP contribution in [0.5, 0.6) is 0 Å². The van der Waals surface area contributed by atoms with Gasteiger partial charge >= 0.3 is 5.97 Å². The summed E-state index contributed by atoms with van der Waals surface area (Å²) in [5, 5.41) is 15.9. The quantitative estimate of drug-likeness (QED) is 0.889. The van der Waals surface area contributed by atoms with Gasteiger partial charge < -0.3 is 14.9 Å². The molecule has 0 saturated heterocycles. The van der Waals surface area contributed by atoms with Crippen molar-refractivity contribution < 1.29 is 19.2 Å². The summed E-state index contributed by atoms with van der Waals surface area (Å²) in [6, 6.07) is -0.186. The molecular weight excluding hydrogens is 272 g/mol. The molecule has 0 aromatic carbocycles. The number of carbonyl (C=O) groups is 2. The van der Waals surface area contributed by atoms with Crippen LogP contribution in [-0.2, 0) is 9.59 Å². The molecule has 0 aliphatic heterocycles. The van der Waals surface area contributed by atoms with Gasteiger partial charge in [-0.15, -0.1) is 0 Å². The lowest BCUT2D eigenvalue weighted by Gasteiger charge is -2.27. The number of carboxylic acid groups (broad SMARTS) is 1. The molecule has 1 amide bonds. The molecule has 116 valence electrons. The summed E-state index contributed by atoms with van der Waals surface area (Å²) in [7, 11) is 0. The van der Waals surface area contributed by atoms with Gasteiger partial charge in [-0.3, -0.25) is 9.59 Å². The van der Waals surface area contributed by atoms with Crippen molar-refractivity contribution in [2.24, 2.45) is 11.8 Å². The third-order valence-electron chi connectivity index (χ3n) is 4.27. The van der Waals surface area contributed by atoms with Crippen molar-refractivity contribution in [3.05, 3.63) is 17.0 Å². The van der Waals surface area contributed by atoms with Gasteiger partial charge in [0.1, 0.15) is 5.76 Å². The van der Waals surface area contributed by atoms with E-state index in [9.17, 15) is 9.59 Å². The fourth-order valence-corrected chi connectivity index (χ4v) is 3.16. The van der Waals surface area contributed by atoms with Gasteiger partial charge in [-0.1, -0.05) is 11.6 Å². The number of hydrogen-bond acceptors (Lipinski definition) is 4. The van der Waals surface area contributed by atoms with Crippen molar-refractivity contribution in [3.8, 4) is 0 Å². The lowest BCUT2D eigenvalue weighted by atomic mass is 9.81. The number of carbonyl (C=O) groups excluding carboxylic acids is 1. The largest absolute Gasteiger partial charge is 0.481 e. The van der Waals surface area contributed by atoms with Crippen molar-refractivity contribution in [2.45, 2.75) is 52.5 Å². The minimum atomic E-state index is -0.800. The van der Waals surface area contributed by atoms with Crippen LogP contribution in [0.4, 0.5) is 0 Å². The minimum absolute atomic E-state index is 0.0755. The summed E-state index contributed by atoms with van der Waals surface area (Å²) in [6.45, 7) is 5.55. The maximum atomic E-state index is 12.3. The zero-order valence-electron chi connectivity index (χ0n) is 12.7. The lowest BCUT2D eigenvalue weighted by Crippen LogP contribution is -2.36. The zero-order valence-corrected chi connectivity index (χ0v) is 12.7. The standard InChI is InChI=1S/C15H22N2O4/c1-8(13-9(2)17-21-10(13)3)16-14(18)11-5-4-6-12(7-11)15(19)20/h8,11-12H,4-7H2,1-3H3,(H,16,18)(H,19,20). The first-order chi connectivity index (χ1) is 9.90. The average molecular weight is 294 g/mol. The number of aliphatic carboxylic acids is 1. The highest BCUT2D eigenvalue weighted by Crippen LogP contribution is 2.30. The van der Waals surface area contributed by atoms with Gasteiger partial charge in [0, 0.05) is 11.5 Å². The Hall–Kier alpha value is -1.85. The maximum absolute atomic E-state index is 12.3. The van der Waals surface area contributed by atoms with Crippen LogP contribution in [0, 0.1) is 25.7 Å². The normalized spacial score (nSPS) is 23.6. The predicted octanol–water partition coefficient (Wildman–Crippen LogP) is 2.36. The summed E-state index contributed by atoms with van der Waals surface area (Å²) >= 11 is 0. The first-order valence-electron chi connectivity index (χ1n) is 7.36. The van der Waals surface area contributed by atoms with Crippen molar-refractivity contribution in [3.63, 3.8) is 0 Å². The Balaban J connectivity index is 1.99. The highest BCUT2D eigenvalue weighted by atomic mass is 16.5. The van der Waals surface area contributed by atoms with Crippen LogP contribution in [0.3, 0.4) is 0 Å². The Bertz CT molecular complexity index is 518. The molecule has 1 aliphatic rings. The number of hydrogen-bond donors (Lipinski definition) is 2. The zero-order chi connectivity index (χ0) is 15.6. The van der Waals surface area contributed by atoms with E-state index >= 15 is 0 Å². The van der Waals surface area contributed by atoms with E-state index in [2.05, 4.69) is 10.5 Å². The molecule has 0 bridgehead atoms. The highest BCUT2D eigenvalue weighted by molar-refractivity contribution is 5.80. The molecule has 6 nitrogen and oxygen atoms in total. The maximum Gasteiger partial charge on any atom is 0.306 e. The van der Waals surface area contributed by atoms with Crippen molar-refractivity contribution in [2.75, 3.05) is 0 Å². The average Bonchev–Trinajstić information content (AvgIpc) is 2.78. The molecule has 21 heavy (non-hydrogen) atoms. The molecule has 1 aromatic rings. The van der Waals surface area contributed by atoms with Gasteiger partial charge in [0.05, 0.1) is 17.7 Å². The first kappa shape index (κ1) is 15.5. The Morgan fingerprint density at radius 3 is 2.57 bits per heavy atom. The molecule has 2 N–H and O–H groups in total. The van der Waals surface area contributed by atoms with Gasteiger partial charge in [0.15, 0.2) is 0 Å². The minimum Gasteiger partial charge on any atom is -0.481 e. The van der Waals surface area contributed by atoms with E-state index in [0.29, 0.717) is 18.6 Å². The van der Waals surface area contributed by atoms with Crippen molar-refractivity contribution in [1.29, 1.82) is 0 Å². The van der Waals surface area contributed by atoms with E-state index in [4.69, 9.17) is 9.63 Å². The highest BCUT2D eigenvalue weighted by Gasteiger charge is 2.32. The lowest BCUT2D eigenvalue weighted by molar-refractivity contribution is -0.144. The molecule has 3 unspecified atom stereocenters. The second kappa shape index (κ2) is 6.28. The molecule has 6 heteroatoms. The number of amides is 1. The first-order valence-corrected chi connectivity index (χ1v) is 7.36. The topological polar surface area (TPSA) is 92.4 Å². The van der Waals surface area contributed by atoms with Crippen LogP contribution in [0.15, 0.2) is 4.52 Å². The molecule has 1 heterocycles. The summed E-state index contributed by atoms with van der Waals surface area (Å²) in [5.41, 5.74) is 1.67. The van der Waals surface area contributed by atoms with E-state index in [1.807, 2.05) is 20.8 Å². The summed E-state index contributed by atoms with van der Waals surface area (Å²) in [6.07, 6.45) is 2.63. The van der Waals surface area contributed by atoms with Crippen LogP contribution in [0.25, 0.3) is 0 Å². The van der Waals surface area contributed by atoms with Crippen LogP contribution in [0.1, 0.15) is 55.7 Å². The number of aryl methyl sites for hydroxylation is 2. The van der Waals surface area contributed by atoms with Crippen LogP contribution in [0.2, 0.25) is 0 Å². The smallest absolute Gasteiger partial charge is 0.306 e. The molecule has 1 aromatic heterocycles. The Kier molecular flexibility index (Phi) is 4.65. The number of carboxylic acids is 1. The van der Waals surface area contributed by atoms with E-state index in [0.717, 1.165) is 24.1 Å². The Morgan fingerprint density at radius 2 is 2.00 bits per heavy atom. The molecule has 3 atom stereocenters. The SMILES string of the molecule is Cc1noc(C)c1C(C)NC(=O)C1CCCC(C(=O)O)C1. The number of nitrogens with one attached hydrogen (secondary N) is 1. The van der Waals surface area contributed by atoms with Gasteiger partial charge in [-0.05, 0) is 40.0 Å². The molecule has 0 radical (unpaired) electrons. The predicted molar refractivity (Wildman–Crippen MR) is 75.6 cm³/mol. The van der Waals surface area contributed by atoms with Crippen LogP contribution >= 0.6 is 0 Å². The summed E-state index contributed by atoms with van der Waals surface area (Å²) < 4.78 is 5.11. The third kappa shape index (κ3) is 3.43. The van der Waals surface area contributed by atoms with Crippen LogP contribution < -0.4 is 5.32 Å². The van der Waals surface area contributed by atoms with E-state index in [1.165, 1.54) is 0 Å². The van der Waals surface area contributed by atoms with Gasteiger partial charge in [-0.25, -0.2) is 0 Å². The second-order valence-electron chi connectivity index (χ2n) is 5.87. The van der Waals surface area contributed by atoms with E-state index in [1.54, 1.807) is 0 Å². The number of aromatic nitrogens is 1. The van der Waals surface area contributed by atoms with Crippen LogP contribution in [-0.4, -0.2) is 22.1 Å². The number of nitrogens with zero attached hydrogens (tertiary/aromatic N) is 1. The van der Waals surface area contributed by atoms with Crippen molar-refractivity contribution >= 4 is 11.9 Å². The molecule has 2 rings (SSSR count). The monoisotopic (exact) mass is 294 g/mol. The molecule has 1 saturated carbocycles. The summed E-state index contributed by atoms with van der Waals surface area (Å²) in [4.78, 5) is 23.4.